The Bertz CT molecular complexity index is 184. The summed E-state index contributed by atoms with van der Waals surface area (Å²) >= 11 is 1.81. The zero-order valence-electron chi connectivity index (χ0n) is 9.33. The van der Waals surface area contributed by atoms with Gasteiger partial charge >= 0.3 is 0 Å². The highest BCUT2D eigenvalue weighted by Crippen LogP contribution is 1.99. The van der Waals surface area contributed by atoms with Gasteiger partial charge in [-0.25, -0.2) is 0 Å². The maximum atomic E-state index is 11.7. The third kappa shape index (κ3) is 5.39. The van der Waals surface area contributed by atoms with Gasteiger partial charge in [-0.3, -0.25) is 4.79 Å². The van der Waals surface area contributed by atoms with Crippen LogP contribution in [0.1, 0.15) is 6.42 Å². The van der Waals surface area contributed by atoms with Gasteiger partial charge in [-0.15, -0.1) is 0 Å². The molecule has 0 atom stereocenters. The Hall–Kier alpha value is -0.260. The summed E-state index contributed by atoms with van der Waals surface area (Å²) in [5.74, 6) is 1.35. The molecule has 0 unspecified atom stereocenters. The van der Waals surface area contributed by atoms with Gasteiger partial charge in [-0.2, -0.15) is 11.8 Å². The van der Waals surface area contributed by atoms with Crippen molar-refractivity contribution in [2.45, 2.75) is 6.42 Å². The molecular weight excluding hydrogens is 212 g/mol. The standard InChI is InChI=1S/C10H20N2O2S/c1-15-9-4-11-3-2-10(13)12-5-7-14-8-6-12/h11H,2-9H2,1H3. The molecular formula is C10H20N2O2S. The molecule has 1 amide bonds. The van der Waals surface area contributed by atoms with Gasteiger partial charge in [0.05, 0.1) is 13.2 Å². The van der Waals surface area contributed by atoms with E-state index in [0.717, 1.165) is 31.9 Å². The van der Waals surface area contributed by atoms with Crippen LogP contribution in [0, 0.1) is 0 Å². The summed E-state index contributed by atoms with van der Waals surface area (Å²) in [6.07, 6.45) is 2.69. The minimum Gasteiger partial charge on any atom is -0.378 e. The molecule has 0 aliphatic carbocycles. The van der Waals surface area contributed by atoms with E-state index in [1.54, 1.807) is 0 Å². The van der Waals surface area contributed by atoms with Crippen molar-refractivity contribution in [3.05, 3.63) is 0 Å². The Labute approximate surface area is 95.7 Å². The monoisotopic (exact) mass is 232 g/mol. The molecule has 0 aromatic carbocycles. The molecule has 1 fully saturated rings. The van der Waals surface area contributed by atoms with E-state index in [4.69, 9.17) is 4.74 Å². The number of nitrogens with one attached hydrogen (secondary N) is 1. The molecule has 4 nitrogen and oxygen atoms in total. The van der Waals surface area contributed by atoms with Gasteiger partial charge in [-0.05, 0) is 6.26 Å². The van der Waals surface area contributed by atoms with Crippen LogP contribution in [0.25, 0.3) is 0 Å². The van der Waals surface area contributed by atoms with Crippen molar-refractivity contribution in [1.29, 1.82) is 0 Å². The van der Waals surface area contributed by atoms with Gasteiger partial charge in [0.15, 0.2) is 0 Å². The number of hydrogen-bond donors (Lipinski definition) is 1. The molecule has 0 spiro atoms. The van der Waals surface area contributed by atoms with Crippen LogP contribution < -0.4 is 5.32 Å². The molecule has 0 radical (unpaired) electrons. The Balaban J connectivity index is 2.02. The van der Waals surface area contributed by atoms with Crippen molar-refractivity contribution in [2.75, 3.05) is 51.4 Å². The highest BCUT2D eigenvalue weighted by Gasteiger charge is 2.15. The predicted octanol–water partition coefficient (Wildman–Crippen LogP) is 0.188. The summed E-state index contributed by atoms with van der Waals surface area (Å²) in [6.45, 7) is 4.65. The maximum absolute atomic E-state index is 11.7. The SMILES string of the molecule is CSCCNCCC(=O)N1CCOCC1. The van der Waals surface area contributed by atoms with Crippen LogP contribution in [0.2, 0.25) is 0 Å². The van der Waals surface area contributed by atoms with Gasteiger partial charge < -0.3 is 15.0 Å². The van der Waals surface area contributed by atoms with Gasteiger partial charge in [0.2, 0.25) is 5.91 Å². The third-order valence-corrected chi connectivity index (χ3v) is 2.97. The van der Waals surface area contributed by atoms with Crippen molar-refractivity contribution >= 4 is 17.7 Å². The highest BCUT2D eigenvalue weighted by atomic mass is 32.2. The number of thioether (sulfide) groups is 1. The minimum atomic E-state index is 0.245. The van der Waals surface area contributed by atoms with Crippen LogP contribution in [0.15, 0.2) is 0 Å². The predicted molar refractivity (Wildman–Crippen MR) is 63.3 cm³/mol. The summed E-state index contributed by atoms with van der Waals surface area (Å²) in [7, 11) is 0. The van der Waals surface area contributed by atoms with Gasteiger partial charge in [-0.1, -0.05) is 0 Å². The summed E-state index contributed by atoms with van der Waals surface area (Å²) < 4.78 is 5.20. The maximum Gasteiger partial charge on any atom is 0.224 e. The molecule has 88 valence electrons. The third-order valence-electron chi connectivity index (χ3n) is 2.36. The quantitative estimate of drug-likeness (QED) is 0.664. The summed E-state index contributed by atoms with van der Waals surface area (Å²) in [5.41, 5.74) is 0. The number of carbonyl (C=O) groups excluding carboxylic acids is 1. The van der Waals surface area contributed by atoms with Crippen LogP contribution >= 0.6 is 11.8 Å². The lowest BCUT2D eigenvalue weighted by molar-refractivity contribution is -0.135. The molecule has 1 rings (SSSR count). The second kappa shape index (κ2) is 7.96. The number of rotatable bonds is 6. The van der Waals surface area contributed by atoms with Crippen LogP contribution in [-0.4, -0.2) is 62.2 Å². The number of carbonyl (C=O) groups is 1. The van der Waals surface area contributed by atoms with E-state index < -0.39 is 0 Å². The molecule has 0 aromatic heterocycles. The molecule has 1 saturated heterocycles. The summed E-state index contributed by atoms with van der Waals surface area (Å²) in [5, 5.41) is 3.26. The topological polar surface area (TPSA) is 41.6 Å². The molecule has 0 bridgehead atoms. The highest BCUT2D eigenvalue weighted by molar-refractivity contribution is 7.98. The van der Waals surface area contributed by atoms with Crippen LogP contribution in [0.3, 0.4) is 0 Å². The second-order valence-corrected chi connectivity index (χ2v) is 4.47. The van der Waals surface area contributed by atoms with Crippen molar-refractivity contribution < 1.29 is 9.53 Å². The average molecular weight is 232 g/mol. The zero-order valence-corrected chi connectivity index (χ0v) is 10.1. The van der Waals surface area contributed by atoms with E-state index in [9.17, 15) is 4.79 Å². The largest absolute Gasteiger partial charge is 0.378 e. The number of ether oxygens (including phenoxy) is 1. The van der Waals surface area contributed by atoms with Gasteiger partial charge in [0.1, 0.15) is 0 Å². The normalized spacial score (nSPS) is 16.7. The first kappa shape index (κ1) is 12.8. The molecule has 0 aromatic rings. The molecule has 1 heterocycles. The molecule has 1 aliphatic heterocycles. The van der Waals surface area contributed by atoms with E-state index in [1.165, 1.54) is 0 Å². The van der Waals surface area contributed by atoms with E-state index in [1.807, 2.05) is 16.7 Å². The first-order valence-corrected chi connectivity index (χ1v) is 6.79. The number of amides is 1. The molecule has 15 heavy (non-hydrogen) atoms. The van der Waals surface area contributed by atoms with E-state index >= 15 is 0 Å². The Morgan fingerprint density at radius 2 is 2.13 bits per heavy atom. The Kier molecular flexibility index (Phi) is 6.80. The first-order valence-electron chi connectivity index (χ1n) is 5.40. The fourth-order valence-electron chi connectivity index (χ4n) is 1.47. The van der Waals surface area contributed by atoms with Crippen molar-refractivity contribution in [1.82, 2.24) is 10.2 Å². The van der Waals surface area contributed by atoms with Crippen molar-refractivity contribution in [3.63, 3.8) is 0 Å². The zero-order chi connectivity index (χ0) is 10.9. The summed E-state index contributed by atoms with van der Waals surface area (Å²) in [6, 6.07) is 0. The smallest absolute Gasteiger partial charge is 0.224 e. The van der Waals surface area contributed by atoms with Crippen molar-refractivity contribution in [3.8, 4) is 0 Å². The lowest BCUT2D eigenvalue weighted by atomic mass is 10.3. The van der Waals surface area contributed by atoms with E-state index in [0.29, 0.717) is 19.6 Å². The number of hydrogen-bond acceptors (Lipinski definition) is 4. The van der Waals surface area contributed by atoms with Crippen LogP contribution in [-0.2, 0) is 9.53 Å². The molecule has 1 aliphatic rings. The fourth-order valence-corrected chi connectivity index (χ4v) is 1.81. The van der Waals surface area contributed by atoms with E-state index in [-0.39, 0.29) is 5.91 Å². The minimum absolute atomic E-state index is 0.245. The van der Waals surface area contributed by atoms with Gasteiger partial charge in [0, 0.05) is 38.4 Å². The molecule has 1 N–H and O–H groups in total. The lowest BCUT2D eigenvalue weighted by Gasteiger charge is -2.26. The van der Waals surface area contributed by atoms with E-state index in [2.05, 4.69) is 11.6 Å². The average Bonchev–Trinajstić information content (AvgIpc) is 2.30. The summed E-state index contributed by atoms with van der Waals surface area (Å²) in [4.78, 5) is 13.5. The fraction of sp³-hybridized carbons (Fsp3) is 0.900. The Morgan fingerprint density at radius 1 is 1.40 bits per heavy atom. The van der Waals surface area contributed by atoms with Gasteiger partial charge in [0.25, 0.3) is 0 Å². The first-order chi connectivity index (χ1) is 7.34. The molecule has 0 saturated carbocycles. The Morgan fingerprint density at radius 3 is 2.80 bits per heavy atom. The lowest BCUT2D eigenvalue weighted by Crippen LogP contribution is -2.41. The van der Waals surface area contributed by atoms with Crippen LogP contribution in [0.5, 0.6) is 0 Å². The number of nitrogens with zero attached hydrogens (tertiary/aromatic N) is 1. The van der Waals surface area contributed by atoms with Crippen LogP contribution in [0.4, 0.5) is 0 Å². The van der Waals surface area contributed by atoms with Crippen molar-refractivity contribution in [2.24, 2.45) is 0 Å². The number of morpholine rings is 1. The second-order valence-electron chi connectivity index (χ2n) is 3.49. The molecule has 5 heteroatoms.